The first-order chi connectivity index (χ1) is 4.48. The monoisotopic (exact) mass is 168 g/mol. The van der Waals surface area contributed by atoms with E-state index in [0.717, 1.165) is 0 Å². The van der Waals surface area contributed by atoms with Crippen molar-refractivity contribution in [2.75, 3.05) is 0 Å². The second kappa shape index (κ2) is 3.75. The van der Waals surface area contributed by atoms with E-state index in [4.69, 9.17) is 0 Å². The SMILES string of the molecule is CCC[Si]C(=O)C(F)(F)F. The molecule has 0 amide bonds. The van der Waals surface area contributed by atoms with Crippen LogP contribution in [0.3, 0.4) is 0 Å². The topological polar surface area (TPSA) is 17.1 Å². The van der Waals surface area contributed by atoms with Gasteiger partial charge in [0.25, 0.3) is 0 Å². The summed E-state index contributed by atoms with van der Waals surface area (Å²) in [6, 6.07) is 0.346. The van der Waals surface area contributed by atoms with Gasteiger partial charge in [-0.15, -0.1) is 0 Å². The molecule has 5 heteroatoms. The summed E-state index contributed by atoms with van der Waals surface area (Å²) in [5.41, 5.74) is 0. The molecule has 0 aromatic carbocycles. The van der Waals surface area contributed by atoms with E-state index in [1.807, 2.05) is 0 Å². The third-order valence-electron chi connectivity index (χ3n) is 0.793. The van der Waals surface area contributed by atoms with Gasteiger partial charge >= 0.3 is 6.18 Å². The van der Waals surface area contributed by atoms with Gasteiger partial charge in [0.1, 0.15) is 9.52 Å². The molecule has 0 aliphatic heterocycles. The number of carbonyl (C=O) groups excluding carboxylic acids is 1. The molecule has 0 aliphatic carbocycles. The molecule has 0 saturated carbocycles. The molecule has 0 atom stereocenters. The number of halogens is 3. The van der Waals surface area contributed by atoms with E-state index in [2.05, 4.69) is 0 Å². The molecule has 1 nitrogen and oxygen atoms in total. The highest BCUT2D eigenvalue weighted by atomic mass is 28.2. The van der Waals surface area contributed by atoms with Crippen molar-refractivity contribution in [3.05, 3.63) is 0 Å². The molecule has 0 spiro atoms. The zero-order valence-electron chi connectivity index (χ0n) is 5.46. The van der Waals surface area contributed by atoms with Crippen LogP contribution in [-0.2, 0) is 4.79 Å². The van der Waals surface area contributed by atoms with Crippen LogP contribution in [0.15, 0.2) is 0 Å². The predicted octanol–water partition coefficient (Wildman–Crippen LogP) is 1.61. The quantitative estimate of drug-likeness (QED) is 0.585. The number of hydrogen-bond donors (Lipinski definition) is 0. The van der Waals surface area contributed by atoms with Crippen LogP contribution in [0.2, 0.25) is 6.04 Å². The first kappa shape index (κ1) is 9.68. The van der Waals surface area contributed by atoms with Gasteiger partial charge in [0.05, 0.1) is 0 Å². The van der Waals surface area contributed by atoms with Crippen LogP contribution in [-0.4, -0.2) is 21.1 Å². The van der Waals surface area contributed by atoms with Crippen molar-refractivity contribution in [3.63, 3.8) is 0 Å². The predicted molar refractivity (Wildman–Crippen MR) is 31.9 cm³/mol. The summed E-state index contributed by atoms with van der Waals surface area (Å²) in [6.45, 7) is 1.75. The zero-order valence-corrected chi connectivity index (χ0v) is 6.46. The lowest BCUT2D eigenvalue weighted by Crippen LogP contribution is -2.27. The number of alkyl halides is 3. The second-order valence-corrected chi connectivity index (χ2v) is 3.06. The minimum absolute atomic E-state index is 0.346. The molecule has 0 unspecified atom stereocenters. The third-order valence-corrected chi connectivity index (χ3v) is 2.15. The molecule has 58 valence electrons. The zero-order chi connectivity index (χ0) is 8.20. The van der Waals surface area contributed by atoms with E-state index < -0.39 is 21.1 Å². The van der Waals surface area contributed by atoms with Gasteiger partial charge in [-0.25, -0.2) is 0 Å². The van der Waals surface area contributed by atoms with Crippen molar-refractivity contribution >= 4 is 14.9 Å². The van der Waals surface area contributed by atoms with Crippen molar-refractivity contribution in [2.45, 2.75) is 25.6 Å². The Morgan fingerprint density at radius 2 is 2.00 bits per heavy atom. The van der Waals surface area contributed by atoms with Crippen molar-refractivity contribution in [1.82, 2.24) is 0 Å². The van der Waals surface area contributed by atoms with E-state index in [-0.39, 0.29) is 0 Å². The van der Waals surface area contributed by atoms with Crippen LogP contribution >= 0.6 is 0 Å². The summed E-state index contributed by atoms with van der Waals surface area (Å²) in [5.74, 6) is 0. The Bertz CT molecular complexity index is 121. The smallest absolute Gasteiger partial charge is 0.296 e. The van der Waals surface area contributed by atoms with E-state index in [0.29, 0.717) is 12.5 Å². The molecule has 0 rings (SSSR count). The fourth-order valence-corrected chi connectivity index (χ4v) is 1.02. The Hall–Kier alpha value is -0.323. The lowest BCUT2D eigenvalue weighted by atomic mass is 10.6. The minimum atomic E-state index is -4.62. The van der Waals surface area contributed by atoms with Gasteiger partial charge in [0.15, 0.2) is 0 Å². The van der Waals surface area contributed by atoms with Gasteiger partial charge < -0.3 is 0 Å². The van der Waals surface area contributed by atoms with Crippen molar-refractivity contribution in [3.8, 4) is 0 Å². The number of carbonyl (C=O) groups is 1. The third kappa shape index (κ3) is 3.65. The highest BCUT2D eigenvalue weighted by Crippen LogP contribution is 2.15. The standard InChI is InChI=1S/C5H7F3OSi/c1-2-3-10-4(9)5(6,7)8/h2-3H2,1H3. The maximum atomic E-state index is 11.4. The molecule has 0 bridgehead atoms. The Balaban J connectivity index is 3.64. The van der Waals surface area contributed by atoms with E-state index in [1.54, 1.807) is 6.92 Å². The van der Waals surface area contributed by atoms with Gasteiger partial charge in [0.2, 0.25) is 5.41 Å². The maximum Gasteiger partial charge on any atom is 0.444 e. The number of rotatable bonds is 3. The minimum Gasteiger partial charge on any atom is -0.296 e. The summed E-state index contributed by atoms with van der Waals surface area (Å²) in [4.78, 5) is 10.1. The van der Waals surface area contributed by atoms with Gasteiger partial charge in [-0.2, -0.15) is 13.2 Å². The van der Waals surface area contributed by atoms with Crippen LogP contribution in [0.4, 0.5) is 13.2 Å². The molecular formula is C5H7F3OSi. The summed E-state index contributed by atoms with van der Waals surface area (Å²) < 4.78 is 34.3. The van der Waals surface area contributed by atoms with Crippen molar-refractivity contribution in [2.24, 2.45) is 0 Å². The van der Waals surface area contributed by atoms with Crippen molar-refractivity contribution < 1.29 is 18.0 Å². The van der Waals surface area contributed by atoms with Crippen LogP contribution in [0.25, 0.3) is 0 Å². The normalized spacial score (nSPS) is 11.6. The highest BCUT2D eigenvalue weighted by molar-refractivity contribution is 6.75. The number of hydrogen-bond acceptors (Lipinski definition) is 1. The van der Waals surface area contributed by atoms with Crippen molar-refractivity contribution in [1.29, 1.82) is 0 Å². The van der Waals surface area contributed by atoms with Gasteiger partial charge in [0, 0.05) is 0 Å². The van der Waals surface area contributed by atoms with Gasteiger partial charge in [-0.1, -0.05) is 19.4 Å². The maximum absolute atomic E-state index is 11.4. The Morgan fingerprint density at radius 1 is 1.50 bits per heavy atom. The Kier molecular flexibility index (Phi) is 3.63. The van der Waals surface area contributed by atoms with Gasteiger partial charge in [-0.3, -0.25) is 4.79 Å². The molecule has 0 heterocycles. The molecule has 0 saturated heterocycles. The molecular weight excluding hydrogens is 161 g/mol. The summed E-state index contributed by atoms with van der Waals surface area (Å²) in [7, 11) is -0.606. The second-order valence-electron chi connectivity index (χ2n) is 1.75. The average molecular weight is 168 g/mol. The lowest BCUT2D eigenvalue weighted by Gasteiger charge is -2.01. The lowest BCUT2D eigenvalue weighted by molar-refractivity contribution is -0.161. The largest absolute Gasteiger partial charge is 0.444 e. The van der Waals surface area contributed by atoms with E-state index in [9.17, 15) is 18.0 Å². The van der Waals surface area contributed by atoms with Crippen LogP contribution in [0.1, 0.15) is 13.3 Å². The van der Waals surface area contributed by atoms with Gasteiger partial charge in [-0.05, 0) is 0 Å². The van der Waals surface area contributed by atoms with Crippen LogP contribution < -0.4 is 0 Å². The van der Waals surface area contributed by atoms with Crippen LogP contribution in [0, 0.1) is 0 Å². The molecule has 10 heavy (non-hydrogen) atoms. The molecule has 0 aromatic rings. The first-order valence-electron chi connectivity index (χ1n) is 2.83. The molecule has 2 radical (unpaired) electrons. The van der Waals surface area contributed by atoms with E-state index >= 15 is 0 Å². The highest BCUT2D eigenvalue weighted by Gasteiger charge is 2.36. The molecule has 0 aliphatic rings. The molecule has 0 fully saturated rings. The Morgan fingerprint density at radius 3 is 2.30 bits per heavy atom. The molecule has 0 aromatic heterocycles. The molecule has 0 N–H and O–H groups in total. The summed E-state index contributed by atoms with van der Waals surface area (Å²) >= 11 is 0. The average Bonchev–Trinajstić information content (AvgIpc) is 1.80. The first-order valence-corrected chi connectivity index (χ1v) is 4.04. The fraction of sp³-hybridized carbons (Fsp3) is 0.800. The van der Waals surface area contributed by atoms with Crippen LogP contribution in [0.5, 0.6) is 0 Å². The summed E-state index contributed by atoms with van der Waals surface area (Å²) in [6.07, 6.45) is -3.99. The van der Waals surface area contributed by atoms with E-state index in [1.165, 1.54) is 0 Å². The Labute approximate surface area is 59.4 Å². The summed E-state index contributed by atoms with van der Waals surface area (Å²) in [5, 5.41) is -1.59. The fourth-order valence-electron chi connectivity index (χ4n) is 0.339.